The Labute approximate surface area is 130 Å². The number of fused-ring (bicyclic) bond motifs is 1. The summed E-state index contributed by atoms with van der Waals surface area (Å²) in [5, 5.41) is 8.36. The highest BCUT2D eigenvalue weighted by atomic mass is 15.1. The number of nitrogens with one attached hydrogen (secondary N) is 1. The molecule has 1 aliphatic heterocycles. The molecule has 0 saturated heterocycles. The van der Waals surface area contributed by atoms with Crippen molar-refractivity contribution in [1.29, 1.82) is 0 Å². The van der Waals surface area contributed by atoms with Crippen LogP contribution < -0.4 is 10.6 Å². The van der Waals surface area contributed by atoms with E-state index in [-0.39, 0.29) is 6.17 Å². The molecule has 0 aliphatic carbocycles. The van der Waals surface area contributed by atoms with Gasteiger partial charge >= 0.3 is 0 Å². The van der Waals surface area contributed by atoms with Crippen molar-refractivity contribution >= 4 is 11.4 Å². The Kier molecular flexibility index (Phi) is 3.28. The molecule has 0 amide bonds. The molecular formula is C20H17N2. The van der Waals surface area contributed by atoms with Gasteiger partial charge in [-0.25, -0.2) is 0 Å². The standard InChI is InChI=1S/C20H17N2/c1-2-8-15(9-3-1)17-11-5-7-13-19(17)22-20-14-16-10-4-6-12-18(16)21-20/h1-13,20,22H,14H2. The van der Waals surface area contributed by atoms with Crippen molar-refractivity contribution in [3.63, 3.8) is 0 Å². The van der Waals surface area contributed by atoms with Gasteiger partial charge in [0, 0.05) is 17.7 Å². The van der Waals surface area contributed by atoms with Gasteiger partial charge in [0.15, 0.2) is 0 Å². The van der Waals surface area contributed by atoms with Gasteiger partial charge in [0.2, 0.25) is 0 Å². The normalized spacial score (nSPS) is 15.9. The van der Waals surface area contributed by atoms with Crippen molar-refractivity contribution in [3.8, 4) is 11.1 Å². The fourth-order valence-corrected chi connectivity index (χ4v) is 2.97. The predicted octanol–water partition coefficient (Wildman–Crippen LogP) is 4.58. The van der Waals surface area contributed by atoms with E-state index in [1.54, 1.807) is 0 Å². The Morgan fingerprint density at radius 2 is 1.50 bits per heavy atom. The monoisotopic (exact) mass is 285 g/mol. The van der Waals surface area contributed by atoms with Gasteiger partial charge in [-0.05, 0) is 23.3 Å². The number of rotatable bonds is 3. The van der Waals surface area contributed by atoms with E-state index in [0.29, 0.717) is 0 Å². The van der Waals surface area contributed by atoms with Crippen LogP contribution in [0.15, 0.2) is 78.9 Å². The first kappa shape index (κ1) is 13.0. The molecule has 1 heterocycles. The largest absolute Gasteiger partial charge is 0.363 e. The second kappa shape index (κ2) is 5.57. The smallest absolute Gasteiger partial charge is 0.123 e. The van der Waals surface area contributed by atoms with E-state index < -0.39 is 0 Å². The Balaban J connectivity index is 1.60. The summed E-state index contributed by atoms with van der Waals surface area (Å²) in [6, 6.07) is 27.3. The van der Waals surface area contributed by atoms with Crippen LogP contribution in [-0.4, -0.2) is 6.17 Å². The summed E-state index contributed by atoms with van der Waals surface area (Å²) in [5.74, 6) is 0. The molecule has 4 rings (SSSR count). The van der Waals surface area contributed by atoms with Gasteiger partial charge in [-0.3, -0.25) is 5.32 Å². The highest BCUT2D eigenvalue weighted by Gasteiger charge is 2.22. The van der Waals surface area contributed by atoms with Crippen molar-refractivity contribution < 1.29 is 0 Å². The lowest BCUT2D eigenvalue weighted by molar-refractivity contribution is 0.700. The van der Waals surface area contributed by atoms with E-state index in [4.69, 9.17) is 5.32 Å². The summed E-state index contributed by atoms with van der Waals surface area (Å²) < 4.78 is 0. The summed E-state index contributed by atoms with van der Waals surface area (Å²) in [6.45, 7) is 0. The van der Waals surface area contributed by atoms with Crippen molar-refractivity contribution in [2.45, 2.75) is 12.6 Å². The van der Waals surface area contributed by atoms with Gasteiger partial charge in [0.1, 0.15) is 6.17 Å². The average molecular weight is 285 g/mol. The maximum atomic E-state index is 4.77. The van der Waals surface area contributed by atoms with Gasteiger partial charge in [0.25, 0.3) is 0 Å². The molecule has 0 spiro atoms. The molecule has 3 aromatic carbocycles. The summed E-state index contributed by atoms with van der Waals surface area (Å²) in [5.41, 5.74) is 6.00. The molecule has 0 saturated carbocycles. The van der Waals surface area contributed by atoms with E-state index in [0.717, 1.165) is 17.8 Å². The average Bonchev–Trinajstić information content (AvgIpc) is 2.98. The first-order chi connectivity index (χ1) is 10.9. The third-order valence-electron chi connectivity index (χ3n) is 4.03. The molecule has 2 nitrogen and oxygen atoms in total. The van der Waals surface area contributed by atoms with Crippen molar-refractivity contribution in [1.82, 2.24) is 5.32 Å². The van der Waals surface area contributed by atoms with Crippen LogP contribution in [0, 0.1) is 0 Å². The molecule has 1 aliphatic rings. The van der Waals surface area contributed by atoms with E-state index >= 15 is 0 Å². The van der Waals surface area contributed by atoms with Crippen LogP contribution in [0.2, 0.25) is 0 Å². The van der Waals surface area contributed by atoms with E-state index in [2.05, 4.69) is 72.0 Å². The molecule has 1 N–H and O–H groups in total. The number of nitrogens with zero attached hydrogens (tertiary/aromatic N) is 1. The van der Waals surface area contributed by atoms with Crippen molar-refractivity contribution in [2.75, 3.05) is 5.32 Å². The fraction of sp³-hybridized carbons (Fsp3) is 0.100. The molecular weight excluding hydrogens is 268 g/mol. The molecule has 0 fully saturated rings. The zero-order valence-corrected chi connectivity index (χ0v) is 12.2. The van der Waals surface area contributed by atoms with Crippen LogP contribution in [0.4, 0.5) is 11.4 Å². The van der Waals surface area contributed by atoms with Crippen LogP contribution >= 0.6 is 0 Å². The first-order valence-electron chi connectivity index (χ1n) is 7.60. The quantitative estimate of drug-likeness (QED) is 0.748. The minimum atomic E-state index is 0.113. The lowest BCUT2D eigenvalue weighted by Gasteiger charge is -2.17. The molecule has 0 aromatic heterocycles. The highest BCUT2D eigenvalue weighted by Crippen LogP contribution is 2.31. The van der Waals surface area contributed by atoms with Crippen molar-refractivity contribution in [3.05, 3.63) is 84.4 Å². The van der Waals surface area contributed by atoms with E-state index in [1.807, 2.05) is 12.1 Å². The molecule has 1 unspecified atom stereocenters. The SMILES string of the molecule is c1ccc(-c2ccccc2NC2Cc3ccccc3[N]2)cc1. The summed E-state index contributed by atoms with van der Waals surface area (Å²) >= 11 is 0. The van der Waals surface area contributed by atoms with E-state index in [9.17, 15) is 0 Å². The van der Waals surface area contributed by atoms with Crippen LogP contribution in [0.3, 0.4) is 0 Å². The third kappa shape index (κ3) is 2.44. The Hall–Kier alpha value is -2.74. The van der Waals surface area contributed by atoms with E-state index in [1.165, 1.54) is 16.7 Å². The Morgan fingerprint density at radius 1 is 0.773 bits per heavy atom. The maximum Gasteiger partial charge on any atom is 0.123 e. The number of benzene rings is 3. The third-order valence-corrected chi connectivity index (χ3v) is 4.03. The molecule has 2 heteroatoms. The molecule has 1 atom stereocenters. The lowest BCUT2D eigenvalue weighted by Crippen LogP contribution is -2.25. The van der Waals surface area contributed by atoms with Crippen LogP contribution in [0.5, 0.6) is 0 Å². The zero-order valence-electron chi connectivity index (χ0n) is 12.2. The number of hydrogen-bond donors (Lipinski definition) is 1. The van der Waals surface area contributed by atoms with Gasteiger partial charge < -0.3 is 5.32 Å². The highest BCUT2D eigenvalue weighted by molar-refractivity contribution is 5.78. The number of para-hydroxylation sites is 2. The van der Waals surface area contributed by atoms with Crippen LogP contribution in [0.25, 0.3) is 11.1 Å². The van der Waals surface area contributed by atoms with Crippen LogP contribution in [0.1, 0.15) is 5.56 Å². The van der Waals surface area contributed by atoms with Gasteiger partial charge in [-0.1, -0.05) is 66.7 Å². The second-order valence-electron chi connectivity index (χ2n) is 5.53. The summed E-state index contributed by atoms with van der Waals surface area (Å²) in [6.07, 6.45) is 1.06. The second-order valence-corrected chi connectivity index (χ2v) is 5.53. The first-order valence-corrected chi connectivity index (χ1v) is 7.60. The van der Waals surface area contributed by atoms with Gasteiger partial charge in [-0.2, -0.15) is 0 Å². The molecule has 107 valence electrons. The predicted molar refractivity (Wildman–Crippen MR) is 91.2 cm³/mol. The Morgan fingerprint density at radius 3 is 2.36 bits per heavy atom. The van der Waals surface area contributed by atoms with Crippen molar-refractivity contribution in [2.24, 2.45) is 0 Å². The van der Waals surface area contributed by atoms with Gasteiger partial charge in [-0.15, -0.1) is 0 Å². The fourth-order valence-electron chi connectivity index (χ4n) is 2.97. The maximum absolute atomic E-state index is 4.77. The minimum Gasteiger partial charge on any atom is -0.363 e. The zero-order chi connectivity index (χ0) is 14.8. The van der Waals surface area contributed by atoms with Gasteiger partial charge in [0.05, 0.1) is 5.69 Å². The summed E-state index contributed by atoms with van der Waals surface area (Å²) in [7, 11) is 0. The lowest BCUT2D eigenvalue weighted by atomic mass is 10.0. The number of hydrogen-bond acceptors (Lipinski definition) is 1. The molecule has 22 heavy (non-hydrogen) atoms. The topological polar surface area (TPSA) is 26.1 Å². The summed E-state index contributed by atoms with van der Waals surface area (Å²) in [4.78, 5) is 0. The Bertz CT molecular complexity index is 755. The molecule has 3 aromatic rings. The van der Waals surface area contributed by atoms with Crippen LogP contribution in [-0.2, 0) is 6.42 Å². The molecule has 1 radical (unpaired) electrons. The minimum absolute atomic E-state index is 0.113. The molecule has 0 bridgehead atoms. The number of anilines is 1.